The molecule has 0 spiro atoms. The first-order valence-electron chi connectivity index (χ1n) is 9.59. The van der Waals surface area contributed by atoms with Gasteiger partial charge in [0.15, 0.2) is 0 Å². The molecule has 0 heterocycles. The van der Waals surface area contributed by atoms with Crippen LogP contribution in [0.2, 0.25) is 0 Å². The third kappa shape index (κ3) is 2.06. The minimum absolute atomic E-state index is 0.126. The molecule has 126 valence electrons. The maximum Gasteiger partial charge on any atom is 0.134 e. The lowest BCUT2D eigenvalue weighted by molar-refractivity contribution is -0.133. The molecule has 0 aromatic carbocycles. The van der Waals surface area contributed by atoms with Crippen molar-refractivity contribution in [2.45, 2.75) is 72.1 Å². The van der Waals surface area contributed by atoms with E-state index in [9.17, 15) is 9.59 Å². The van der Waals surface area contributed by atoms with Crippen molar-refractivity contribution in [2.24, 2.45) is 34.5 Å². The Hall–Kier alpha value is -0.920. The van der Waals surface area contributed by atoms with Gasteiger partial charge in [0.1, 0.15) is 11.6 Å². The number of rotatable bonds is 1. The van der Waals surface area contributed by atoms with Gasteiger partial charge in [0.25, 0.3) is 0 Å². The van der Waals surface area contributed by atoms with Crippen LogP contribution in [0.4, 0.5) is 0 Å². The van der Waals surface area contributed by atoms with Crippen molar-refractivity contribution in [2.75, 3.05) is 0 Å². The highest BCUT2D eigenvalue weighted by molar-refractivity contribution is 5.81. The average molecular weight is 314 g/mol. The van der Waals surface area contributed by atoms with Crippen LogP contribution in [0.1, 0.15) is 72.1 Å². The second kappa shape index (κ2) is 5.04. The molecule has 4 aliphatic rings. The van der Waals surface area contributed by atoms with Crippen LogP contribution in [0.25, 0.3) is 0 Å². The summed E-state index contributed by atoms with van der Waals surface area (Å²) in [5, 5.41) is 0. The van der Waals surface area contributed by atoms with Crippen molar-refractivity contribution in [3.63, 3.8) is 0 Å². The van der Waals surface area contributed by atoms with Gasteiger partial charge in [-0.05, 0) is 74.0 Å². The van der Waals surface area contributed by atoms with Crippen molar-refractivity contribution < 1.29 is 9.59 Å². The summed E-state index contributed by atoms with van der Waals surface area (Å²) in [6.07, 6.45) is 11.0. The molecular weight excluding hydrogens is 284 g/mol. The molecule has 0 amide bonds. The third-order valence-corrected chi connectivity index (χ3v) is 8.37. The minimum Gasteiger partial charge on any atom is -0.300 e. The standard InChI is InChI=1S/C21H30O2/c1-13(22)17-6-7-18-16-5-4-14-12-15(23)8-10-20(14,2)19(16)9-11-21(17,18)3/h7,14,16-17,19H,4-6,8-12H2,1-3H3/t14?,16-,17+,19-,20-,21+/m0/s1. The Kier molecular flexibility index (Phi) is 3.42. The van der Waals surface area contributed by atoms with Gasteiger partial charge in [0.05, 0.1) is 0 Å². The monoisotopic (exact) mass is 314 g/mol. The van der Waals surface area contributed by atoms with Crippen molar-refractivity contribution >= 4 is 11.6 Å². The molecule has 4 rings (SSSR count). The lowest BCUT2D eigenvalue weighted by Gasteiger charge is -2.58. The fourth-order valence-electron chi connectivity index (χ4n) is 6.99. The van der Waals surface area contributed by atoms with Crippen molar-refractivity contribution in [3.8, 4) is 0 Å². The molecule has 0 radical (unpaired) electrons. The predicted molar refractivity (Wildman–Crippen MR) is 90.9 cm³/mol. The van der Waals surface area contributed by atoms with Crippen molar-refractivity contribution in [1.82, 2.24) is 0 Å². The Bertz CT molecular complexity index is 589. The molecule has 0 N–H and O–H groups in total. The maximum atomic E-state index is 12.1. The second-order valence-electron chi connectivity index (χ2n) is 9.25. The van der Waals surface area contributed by atoms with E-state index in [4.69, 9.17) is 0 Å². The van der Waals surface area contributed by atoms with E-state index in [1.54, 1.807) is 12.5 Å². The summed E-state index contributed by atoms with van der Waals surface area (Å²) in [4.78, 5) is 24.0. The predicted octanol–water partition coefficient (Wildman–Crippen LogP) is 4.72. The van der Waals surface area contributed by atoms with Gasteiger partial charge >= 0.3 is 0 Å². The van der Waals surface area contributed by atoms with Crippen LogP contribution >= 0.6 is 0 Å². The molecule has 3 fully saturated rings. The van der Waals surface area contributed by atoms with E-state index in [0.29, 0.717) is 28.8 Å². The van der Waals surface area contributed by atoms with Crippen LogP contribution < -0.4 is 0 Å². The molecule has 0 aromatic rings. The molecule has 2 nitrogen and oxygen atoms in total. The van der Waals surface area contributed by atoms with Crippen molar-refractivity contribution in [3.05, 3.63) is 11.6 Å². The zero-order chi connectivity index (χ0) is 16.4. The van der Waals surface area contributed by atoms with Gasteiger partial charge in [-0.1, -0.05) is 25.5 Å². The van der Waals surface area contributed by atoms with E-state index in [1.165, 1.54) is 25.7 Å². The zero-order valence-corrected chi connectivity index (χ0v) is 14.9. The average Bonchev–Trinajstić information content (AvgIpc) is 2.85. The number of allylic oxidation sites excluding steroid dienone is 2. The first-order valence-corrected chi connectivity index (χ1v) is 9.59. The third-order valence-electron chi connectivity index (χ3n) is 8.37. The summed E-state index contributed by atoms with van der Waals surface area (Å²) in [5.41, 5.74) is 2.10. The highest BCUT2D eigenvalue weighted by Gasteiger charge is 2.57. The molecule has 4 aliphatic carbocycles. The Morgan fingerprint density at radius 3 is 2.70 bits per heavy atom. The Balaban J connectivity index is 1.65. The van der Waals surface area contributed by atoms with E-state index < -0.39 is 0 Å². The molecule has 2 heteroatoms. The quantitative estimate of drug-likeness (QED) is 0.656. The van der Waals surface area contributed by atoms with Gasteiger partial charge in [-0.2, -0.15) is 0 Å². The summed E-state index contributed by atoms with van der Waals surface area (Å²) in [7, 11) is 0. The summed E-state index contributed by atoms with van der Waals surface area (Å²) >= 11 is 0. The van der Waals surface area contributed by atoms with Gasteiger partial charge in [-0.3, -0.25) is 9.59 Å². The molecule has 6 atom stereocenters. The van der Waals surface area contributed by atoms with Crippen LogP contribution in [0.5, 0.6) is 0 Å². The van der Waals surface area contributed by atoms with Crippen LogP contribution in [0.15, 0.2) is 11.6 Å². The van der Waals surface area contributed by atoms with Gasteiger partial charge in [0.2, 0.25) is 0 Å². The second-order valence-corrected chi connectivity index (χ2v) is 9.25. The minimum atomic E-state index is 0.126. The number of carbonyl (C=O) groups is 2. The Morgan fingerprint density at radius 1 is 1.17 bits per heavy atom. The summed E-state index contributed by atoms with van der Waals surface area (Å²) in [5.74, 6) is 3.10. The highest BCUT2D eigenvalue weighted by Crippen LogP contribution is 2.65. The molecule has 0 saturated heterocycles. The number of ketones is 2. The number of hydrogen-bond donors (Lipinski definition) is 0. The van der Waals surface area contributed by atoms with E-state index in [0.717, 1.165) is 31.6 Å². The van der Waals surface area contributed by atoms with Gasteiger partial charge in [-0.25, -0.2) is 0 Å². The summed E-state index contributed by atoms with van der Waals surface area (Å²) in [6.45, 7) is 6.61. The largest absolute Gasteiger partial charge is 0.300 e. The Labute approximate surface area is 140 Å². The van der Waals surface area contributed by atoms with Crippen LogP contribution in [-0.2, 0) is 9.59 Å². The van der Waals surface area contributed by atoms with Crippen molar-refractivity contribution in [1.29, 1.82) is 0 Å². The van der Waals surface area contributed by atoms with E-state index >= 15 is 0 Å². The molecule has 0 bridgehead atoms. The van der Waals surface area contributed by atoms with Crippen LogP contribution in [-0.4, -0.2) is 11.6 Å². The number of Topliss-reactive ketones (excluding diaryl/α,β-unsaturated/α-hetero) is 2. The molecule has 0 aromatic heterocycles. The topological polar surface area (TPSA) is 34.1 Å². The first-order chi connectivity index (χ1) is 10.9. The molecule has 3 saturated carbocycles. The molecule has 0 aliphatic heterocycles. The first kappa shape index (κ1) is 15.6. The zero-order valence-electron chi connectivity index (χ0n) is 14.9. The highest BCUT2D eigenvalue weighted by atomic mass is 16.1. The number of hydrogen-bond acceptors (Lipinski definition) is 2. The van der Waals surface area contributed by atoms with E-state index in [-0.39, 0.29) is 11.3 Å². The lowest BCUT2D eigenvalue weighted by Crippen LogP contribution is -2.51. The Morgan fingerprint density at radius 2 is 1.96 bits per heavy atom. The van der Waals surface area contributed by atoms with E-state index in [1.807, 2.05) is 0 Å². The van der Waals surface area contributed by atoms with E-state index in [2.05, 4.69) is 19.9 Å². The fourth-order valence-corrected chi connectivity index (χ4v) is 6.99. The number of carbonyl (C=O) groups excluding carboxylic acids is 2. The molecule has 23 heavy (non-hydrogen) atoms. The van der Waals surface area contributed by atoms with Crippen LogP contribution in [0, 0.1) is 34.5 Å². The maximum absolute atomic E-state index is 12.1. The summed E-state index contributed by atoms with van der Waals surface area (Å²) in [6, 6.07) is 0. The number of fused-ring (bicyclic) bond motifs is 5. The molecule has 1 unspecified atom stereocenters. The summed E-state index contributed by atoms with van der Waals surface area (Å²) < 4.78 is 0. The normalized spacial score (nSPS) is 49.0. The smallest absolute Gasteiger partial charge is 0.134 e. The molecular formula is C21H30O2. The fraction of sp³-hybridized carbons (Fsp3) is 0.810. The van der Waals surface area contributed by atoms with Gasteiger partial charge in [0, 0.05) is 18.8 Å². The lowest BCUT2D eigenvalue weighted by atomic mass is 9.46. The van der Waals surface area contributed by atoms with Gasteiger partial charge in [-0.15, -0.1) is 0 Å². The SMILES string of the molecule is CC(=O)[C@H]1CC=C2[C@@H]3CCC4CC(=O)CC[C@]4(C)[C@H]3CC[C@@]21C. The van der Waals surface area contributed by atoms with Crippen LogP contribution in [0.3, 0.4) is 0 Å². The van der Waals surface area contributed by atoms with Gasteiger partial charge < -0.3 is 0 Å².